The lowest BCUT2D eigenvalue weighted by molar-refractivity contribution is -0.146. The first-order chi connectivity index (χ1) is 12.4. The van der Waals surface area contributed by atoms with E-state index in [0.717, 1.165) is 12.0 Å². The number of amides is 1. The van der Waals surface area contributed by atoms with Crippen molar-refractivity contribution in [3.63, 3.8) is 0 Å². The molecular formula is C20H29NO5. The highest BCUT2D eigenvalue weighted by atomic mass is 16.5. The van der Waals surface area contributed by atoms with Crippen LogP contribution in [0.4, 0.5) is 0 Å². The van der Waals surface area contributed by atoms with Crippen LogP contribution in [0.25, 0.3) is 6.08 Å². The average Bonchev–Trinajstić information content (AvgIpc) is 2.68. The molecule has 0 aliphatic carbocycles. The Morgan fingerprint density at radius 2 is 1.85 bits per heavy atom. The van der Waals surface area contributed by atoms with Gasteiger partial charge in [0.15, 0.2) is 0 Å². The zero-order valence-electron chi connectivity index (χ0n) is 16.4. The summed E-state index contributed by atoms with van der Waals surface area (Å²) >= 11 is 0. The Hall–Kier alpha value is -2.50. The molecule has 0 saturated carbocycles. The molecule has 0 fully saturated rings. The van der Waals surface area contributed by atoms with E-state index >= 15 is 0 Å². The van der Waals surface area contributed by atoms with Crippen molar-refractivity contribution in [2.24, 2.45) is 5.92 Å². The summed E-state index contributed by atoms with van der Waals surface area (Å²) in [5.41, 5.74) is 0.741. The molecule has 6 nitrogen and oxygen atoms in total. The molecule has 0 aliphatic rings. The van der Waals surface area contributed by atoms with Crippen molar-refractivity contribution in [3.8, 4) is 11.5 Å². The van der Waals surface area contributed by atoms with Crippen LogP contribution in [0.3, 0.4) is 0 Å². The Morgan fingerprint density at radius 1 is 1.15 bits per heavy atom. The monoisotopic (exact) mass is 363 g/mol. The van der Waals surface area contributed by atoms with Gasteiger partial charge in [-0.1, -0.05) is 13.8 Å². The minimum atomic E-state index is -0.391. The van der Waals surface area contributed by atoms with Gasteiger partial charge in [-0.05, 0) is 37.6 Å². The smallest absolute Gasteiger partial charge is 0.310 e. The highest BCUT2D eigenvalue weighted by Crippen LogP contribution is 2.25. The predicted molar refractivity (Wildman–Crippen MR) is 101 cm³/mol. The number of carbonyl (C=O) groups is 2. The molecule has 0 heterocycles. The standard InChI is InChI=1S/C20H29NO5/c1-7-15(3)21(13-14(2)20(23)26-6)19(22)11-8-16-12-17(24-4)9-10-18(16)25-5/h8-12,14-15H,7,13H2,1-6H3/b11-8+. The van der Waals surface area contributed by atoms with E-state index in [1.54, 1.807) is 50.3 Å². The SMILES string of the molecule is CCC(C)N(CC(C)C(=O)OC)C(=O)/C=C/c1cc(OC)ccc1OC. The van der Waals surface area contributed by atoms with Crippen LogP contribution in [0.5, 0.6) is 11.5 Å². The van der Waals surface area contributed by atoms with Gasteiger partial charge in [0.1, 0.15) is 11.5 Å². The largest absolute Gasteiger partial charge is 0.497 e. The van der Waals surface area contributed by atoms with Gasteiger partial charge in [0.25, 0.3) is 0 Å². The third kappa shape index (κ3) is 5.79. The lowest BCUT2D eigenvalue weighted by atomic mass is 10.1. The maximum atomic E-state index is 12.7. The van der Waals surface area contributed by atoms with Crippen LogP contribution in [-0.4, -0.2) is 50.7 Å². The van der Waals surface area contributed by atoms with Gasteiger partial charge in [-0.25, -0.2) is 0 Å². The second-order valence-electron chi connectivity index (χ2n) is 6.11. The van der Waals surface area contributed by atoms with E-state index in [2.05, 4.69) is 0 Å². The average molecular weight is 363 g/mol. The van der Waals surface area contributed by atoms with Gasteiger partial charge in [0.05, 0.1) is 27.2 Å². The van der Waals surface area contributed by atoms with Gasteiger partial charge in [-0.2, -0.15) is 0 Å². The molecule has 0 saturated heterocycles. The normalized spacial score (nSPS) is 13.2. The molecular weight excluding hydrogens is 334 g/mol. The first-order valence-electron chi connectivity index (χ1n) is 8.66. The van der Waals surface area contributed by atoms with Crippen molar-refractivity contribution in [1.82, 2.24) is 4.90 Å². The molecule has 1 aromatic rings. The van der Waals surface area contributed by atoms with Gasteiger partial charge in [-0.15, -0.1) is 0 Å². The molecule has 1 amide bonds. The molecule has 2 atom stereocenters. The number of esters is 1. The summed E-state index contributed by atoms with van der Waals surface area (Å²) in [4.78, 5) is 26.1. The Morgan fingerprint density at radius 3 is 2.38 bits per heavy atom. The molecule has 6 heteroatoms. The van der Waals surface area contributed by atoms with Crippen molar-refractivity contribution >= 4 is 18.0 Å². The van der Waals surface area contributed by atoms with Crippen molar-refractivity contribution in [1.29, 1.82) is 0 Å². The fraction of sp³-hybridized carbons (Fsp3) is 0.500. The van der Waals surface area contributed by atoms with Crippen LogP contribution in [0.2, 0.25) is 0 Å². The number of rotatable bonds is 9. The third-order valence-corrected chi connectivity index (χ3v) is 4.32. The second kappa shape index (κ2) is 10.5. The summed E-state index contributed by atoms with van der Waals surface area (Å²) in [6.45, 7) is 6.02. The highest BCUT2D eigenvalue weighted by molar-refractivity contribution is 5.92. The minimum Gasteiger partial charge on any atom is -0.497 e. The fourth-order valence-electron chi connectivity index (χ4n) is 2.50. The Kier molecular flexibility index (Phi) is 8.68. The first kappa shape index (κ1) is 21.5. The predicted octanol–water partition coefficient (Wildman–Crippen LogP) is 3.15. The van der Waals surface area contributed by atoms with Gasteiger partial charge in [-0.3, -0.25) is 9.59 Å². The molecule has 1 aromatic carbocycles. The summed E-state index contributed by atoms with van der Waals surface area (Å²) in [6.07, 6.45) is 3.98. The maximum Gasteiger partial charge on any atom is 0.310 e. The summed E-state index contributed by atoms with van der Waals surface area (Å²) in [5.74, 6) is 0.436. The number of ether oxygens (including phenoxy) is 3. The van der Waals surface area contributed by atoms with Crippen molar-refractivity contribution in [2.45, 2.75) is 33.2 Å². The van der Waals surface area contributed by atoms with Gasteiger partial charge in [0, 0.05) is 24.2 Å². The zero-order chi connectivity index (χ0) is 19.7. The van der Waals surface area contributed by atoms with Crippen molar-refractivity contribution < 1.29 is 23.8 Å². The number of methoxy groups -OCH3 is 3. The summed E-state index contributed by atoms with van der Waals surface area (Å²) < 4.78 is 15.3. The molecule has 2 unspecified atom stereocenters. The van der Waals surface area contributed by atoms with Crippen molar-refractivity contribution in [2.75, 3.05) is 27.9 Å². The summed E-state index contributed by atoms with van der Waals surface area (Å²) in [5, 5.41) is 0. The molecule has 0 aromatic heterocycles. The van der Waals surface area contributed by atoms with E-state index in [1.807, 2.05) is 13.8 Å². The topological polar surface area (TPSA) is 65.1 Å². The van der Waals surface area contributed by atoms with Crippen LogP contribution in [0.1, 0.15) is 32.8 Å². The van der Waals surface area contributed by atoms with Crippen LogP contribution in [0, 0.1) is 5.92 Å². The van der Waals surface area contributed by atoms with Crippen LogP contribution < -0.4 is 9.47 Å². The molecule has 0 spiro atoms. The summed E-state index contributed by atoms with van der Waals surface area (Å²) in [6, 6.07) is 5.38. The van der Waals surface area contributed by atoms with Crippen LogP contribution in [0.15, 0.2) is 24.3 Å². The van der Waals surface area contributed by atoms with Crippen molar-refractivity contribution in [3.05, 3.63) is 29.8 Å². The quantitative estimate of drug-likeness (QED) is 0.498. The highest BCUT2D eigenvalue weighted by Gasteiger charge is 2.23. The molecule has 1 rings (SSSR count). The maximum absolute atomic E-state index is 12.7. The van der Waals surface area contributed by atoms with Gasteiger partial charge < -0.3 is 19.1 Å². The third-order valence-electron chi connectivity index (χ3n) is 4.32. The summed E-state index contributed by atoms with van der Waals surface area (Å²) in [7, 11) is 4.51. The van der Waals surface area contributed by atoms with E-state index in [9.17, 15) is 9.59 Å². The number of hydrogen-bond donors (Lipinski definition) is 0. The van der Waals surface area contributed by atoms with E-state index < -0.39 is 5.92 Å². The van der Waals surface area contributed by atoms with Crippen LogP contribution in [-0.2, 0) is 14.3 Å². The fourth-order valence-corrected chi connectivity index (χ4v) is 2.50. The molecule has 0 N–H and O–H groups in total. The van der Waals surface area contributed by atoms with E-state index in [0.29, 0.717) is 18.0 Å². The van der Waals surface area contributed by atoms with E-state index in [1.165, 1.54) is 13.2 Å². The Labute approximate surface area is 155 Å². The van der Waals surface area contributed by atoms with Gasteiger partial charge >= 0.3 is 5.97 Å². The lowest BCUT2D eigenvalue weighted by Crippen LogP contribution is -2.42. The van der Waals surface area contributed by atoms with E-state index in [4.69, 9.17) is 14.2 Å². The first-order valence-corrected chi connectivity index (χ1v) is 8.66. The van der Waals surface area contributed by atoms with Gasteiger partial charge in [0.2, 0.25) is 5.91 Å². The zero-order valence-corrected chi connectivity index (χ0v) is 16.4. The molecule has 144 valence electrons. The van der Waals surface area contributed by atoms with Crippen LogP contribution >= 0.6 is 0 Å². The Bertz CT molecular complexity index is 641. The minimum absolute atomic E-state index is 0.00598. The lowest BCUT2D eigenvalue weighted by Gasteiger charge is -2.29. The number of carbonyl (C=O) groups excluding carboxylic acids is 2. The molecule has 0 radical (unpaired) electrons. The molecule has 26 heavy (non-hydrogen) atoms. The molecule has 0 aliphatic heterocycles. The number of nitrogens with zero attached hydrogens (tertiary/aromatic N) is 1. The number of hydrogen-bond acceptors (Lipinski definition) is 5. The second-order valence-corrected chi connectivity index (χ2v) is 6.11. The van der Waals surface area contributed by atoms with E-state index in [-0.39, 0.29) is 17.9 Å². The Balaban J connectivity index is 3.02. The molecule has 0 bridgehead atoms. The number of benzene rings is 1.